The van der Waals surface area contributed by atoms with Crippen molar-refractivity contribution in [3.8, 4) is 11.3 Å². The average molecular weight is 282 g/mol. The molecule has 4 nitrogen and oxygen atoms in total. The van der Waals surface area contributed by atoms with Gasteiger partial charge >= 0.3 is 0 Å². The van der Waals surface area contributed by atoms with Crippen molar-refractivity contribution in [1.82, 2.24) is 14.5 Å². The first-order valence-electron chi connectivity index (χ1n) is 8.12. The summed E-state index contributed by atoms with van der Waals surface area (Å²) < 4.78 is 2.33. The summed E-state index contributed by atoms with van der Waals surface area (Å²) >= 11 is 0. The minimum atomic E-state index is 0.583. The van der Waals surface area contributed by atoms with Crippen molar-refractivity contribution in [2.45, 2.75) is 56.9 Å². The molecule has 0 amide bonds. The maximum atomic E-state index is 6.46. The van der Waals surface area contributed by atoms with Crippen LogP contribution in [0, 0.1) is 0 Å². The Labute approximate surface area is 125 Å². The van der Waals surface area contributed by atoms with Crippen LogP contribution in [0.4, 0.5) is 5.82 Å². The SMILES string of the molecule is Nc1c(-c2cccnc2)nc(C2CCCCC2)n1C1CC1. The number of imidazole rings is 1. The Morgan fingerprint density at radius 2 is 1.90 bits per heavy atom. The summed E-state index contributed by atoms with van der Waals surface area (Å²) in [5, 5.41) is 0. The van der Waals surface area contributed by atoms with Crippen molar-refractivity contribution in [2.75, 3.05) is 5.73 Å². The maximum Gasteiger partial charge on any atom is 0.132 e. The van der Waals surface area contributed by atoms with Gasteiger partial charge in [0.25, 0.3) is 0 Å². The molecule has 2 N–H and O–H groups in total. The molecule has 2 heterocycles. The molecule has 0 unspecified atom stereocenters. The molecule has 110 valence electrons. The number of nitrogens with zero attached hydrogens (tertiary/aromatic N) is 3. The number of nitrogens with two attached hydrogens (primary N) is 1. The lowest BCUT2D eigenvalue weighted by Crippen LogP contribution is -2.12. The summed E-state index contributed by atoms with van der Waals surface area (Å²) in [6.45, 7) is 0. The highest BCUT2D eigenvalue weighted by Gasteiger charge is 2.33. The van der Waals surface area contributed by atoms with Crippen LogP contribution in [0.15, 0.2) is 24.5 Å². The third-order valence-electron chi connectivity index (χ3n) is 4.79. The molecule has 0 saturated heterocycles. The first-order valence-corrected chi connectivity index (χ1v) is 8.12. The molecular weight excluding hydrogens is 260 g/mol. The number of aromatic nitrogens is 3. The highest BCUT2D eigenvalue weighted by Crippen LogP contribution is 2.44. The zero-order chi connectivity index (χ0) is 14.2. The monoisotopic (exact) mass is 282 g/mol. The lowest BCUT2D eigenvalue weighted by Gasteiger charge is -2.22. The standard InChI is InChI=1S/C17H22N4/c18-16-15(13-7-4-10-19-11-13)20-17(21(16)14-8-9-14)12-5-2-1-3-6-12/h4,7,10-12,14H,1-3,5-6,8-9,18H2. The number of hydrogen-bond acceptors (Lipinski definition) is 3. The van der Waals surface area contributed by atoms with Crippen LogP contribution in [0.3, 0.4) is 0 Å². The lowest BCUT2D eigenvalue weighted by atomic mass is 9.88. The lowest BCUT2D eigenvalue weighted by molar-refractivity contribution is 0.416. The Morgan fingerprint density at radius 3 is 2.57 bits per heavy atom. The van der Waals surface area contributed by atoms with Gasteiger partial charge in [-0.25, -0.2) is 4.98 Å². The molecular formula is C17H22N4. The van der Waals surface area contributed by atoms with Crippen LogP contribution in [0.25, 0.3) is 11.3 Å². The van der Waals surface area contributed by atoms with E-state index in [0.717, 1.165) is 17.1 Å². The van der Waals surface area contributed by atoms with E-state index in [4.69, 9.17) is 10.7 Å². The molecule has 0 bridgehead atoms. The van der Waals surface area contributed by atoms with Gasteiger partial charge in [0.2, 0.25) is 0 Å². The molecule has 0 radical (unpaired) electrons. The Bertz CT molecular complexity index is 622. The predicted octanol–water partition coefficient (Wildman–Crippen LogP) is 3.91. The van der Waals surface area contributed by atoms with Crippen molar-refractivity contribution < 1.29 is 0 Å². The van der Waals surface area contributed by atoms with Crippen LogP contribution >= 0.6 is 0 Å². The van der Waals surface area contributed by atoms with Gasteiger partial charge in [-0.3, -0.25) is 4.98 Å². The minimum Gasteiger partial charge on any atom is -0.383 e. The second-order valence-electron chi connectivity index (χ2n) is 6.38. The molecule has 2 aromatic heterocycles. The van der Waals surface area contributed by atoms with E-state index < -0.39 is 0 Å². The highest BCUT2D eigenvalue weighted by atomic mass is 15.2. The molecule has 2 saturated carbocycles. The van der Waals surface area contributed by atoms with Crippen LogP contribution in [0.5, 0.6) is 0 Å². The van der Waals surface area contributed by atoms with E-state index >= 15 is 0 Å². The summed E-state index contributed by atoms with van der Waals surface area (Å²) in [6, 6.07) is 4.58. The Kier molecular flexibility index (Phi) is 3.17. The van der Waals surface area contributed by atoms with E-state index in [2.05, 4.69) is 9.55 Å². The van der Waals surface area contributed by atoms with Gasteiger partial charge < -0.3 is 10.3 Å². The summed E-state index contributed by atoms with van der Waals surface area (Å²) in [5.41, 5.74) is 8.42. The average Bonchev–Trinajstić information content (AvgIpc) is 3.32. The molecule has 2 aromatic rings. The van der Waals surface area contributed by atoms with Gasteiger partial charge in [-0.1, -0.05) is 19.3 Å². The zero-order valence-corrected chi connectivity index (χ0v) is 12.3. The largest absolute Gasteiger partial charge is 0.383 e. The zero-order valence-electron chi connectivity index (χ0n) is 12.3. The topological polar surface area (TPSA) is 56.7 Å². The van der Waals surface area contributed by atoms with Crippen molar-refractivity contribution in [2.24, 2.45) is 0 Å². The molecule has 21 heavy (non-hydrogen) atoms. The summed E-state index contributed by atoms with van der Waals surface area (Å²) in [5.74, 6) is 2.66. The first kappa shape index (κ1) is 12.9. The van der Waals surface area contributed by atoms with E-state index in [-0.39, 0.29) is 0 Å². The van der Waals surface area contributed by atoms with E-state index in [1.165, 1.54) is 50.8 Å². The third kappa shape index (κ3) is 2.33. The number of anilines is 1. The number of hydrogen-bond donors (Lipinski definition) is 1. The third-order valence-corrected chi connectivity index (χ3v) is 4.79. The Balaban J connectivity index is 1.78. The summed E-state index contributed by atoms with van der Waals surface area (Å²) in [4.78, 5) is 9.17. The van der Waals surface area contributed by atoms with Crippen LogP contribution in [-0.2, 0) is 0 Å². The highest BCUT2D eigenvalue weighted by molar-refractivity contribution is 5.70. The van der Waals surface area contributed by atoms with Crippen LogP contribution in [0.1, 0.15) is 62.7 Å². The van der Waals surface area contributed by atoms with Gasteiger partial charge in [-0.05, 0) is 37.8 Å². The number of rotatable bonds is 3. The van der Waals surface area contributed by atoms with Crippen LogP contribution in [-0.4, -0.2) is 14.5 Å². The minimum absolute atomic E-state index is 0.583. The molecule has 0 atom stereocenters. The molecule has 0 aromatic carbocycles. The molecule has 2 aliphatic carbocycles. The van der Waals surface area contributed by atoms with Gasteiger partial charge in [-0.2, -0.15) is 0 Å². The van der Waals surface area contributed by atoms with Gasteiger partial charge in [0, 0.05) is 29.9 Å². The van der Waals surface area contributed by atoms with E-state index in [1.807, 2.05) is 18.3 Å². The van der Waals surface area contributed by atoms with Gasteiger partial charge in [-0.15, -0.1) is 0 Å². The van der Waals surface area contributed by atoms with E-state index in [0.29, 0.717) is 12.0 Å². The van der Waals surface area contributed by atoms with E-state index in [9.17, 15) is 0 Å². The van der Waals surface area contributed by atoms with Gasteiger partial charge in [0.1, 0.15) is 17.3 Å². The summed E-state index contributed by atoms with van der Waals surface area (Å²) in [7, 11) is 0. The number of nitrogen functional groups attached to an aromatic ring is 1. The molecule has 0 spiro atoms. The van der Waals surface area contributed by atoms with Crippen molar-refractivity contribution in [3.63, 3.8) is 0 Å². The fourth-order valence-electron chi connectivity index (χ4n) is 3.54. The fraction of sp³-hybridized carbons (Fsp3) is 0.529. The maximum absolute atomic E-state index is 6.46. The van der Waals surface area contributed by atoms with Crippen molar-refractivity contribution in [3.05, 3.63) is 30.4 Å². The second-order valence-corrected chi connectivity index (χ2v) is 6.38. The second kappa shape index (κ2) is 5.17. The molecule has 2 aliphatic rings. The van der Waals surface area contributed by atoms with E-state index in [1.54, 1.807) is 6.20 Å². The van der Waals surface area contributed by atoms with Gasteiger partial charge in [0.05, 0.1) is 0 Å². The Morgan fingerprint density at radius 1 is 1.10 bits per heavy atom. The quantitative estimate of drug-likeness (QED) is 0.928. The summed E-state index contributed by atoms with van der Waals surface area (Å²) in [6.07, 6.45) is 12.7. The Hall–Kier alpha value is -1.84. The van der Waals surface area contributed by atoms with Crippen molar-refractivity contribution in [1.29, 1.82) is 0 Å². The predicted molar refractivity (Wildman–Crippen MR) is 84.0 cm³/mol. The van der Waals surface area contributed by atoms with Crippen LogP contribution < -0.4 is 5.73 Å². The van der Waals surface area contributed by atoms with Gasteiger partial charge in [0.15, 0.2) is 0 Å². The number of pyridine rings is 1. The molecule has 4 heteroatoms. The molecule has 4 rings (SSSR count). The normalized spacial score (nSPS) is 19.8. The molecule has 0 aliphatic heterocycles. The van der Waals surface area contributed by atoms with Crippen molar-refractivity contribution >= 4 is 5.82 Å². The fourth-order valence-corrected chi connectivity index (χ4v) is 3.54. The smallest absolute Gasteiger partial charge is 0.132 e. The molecule has 2 fully saturated rings. The van der Waals surface area contributed by atoms with Crippen LogP contribution in [0.2, 0.25) is 0 Å². The first-order chi connectivity index (χ1) is 10.3.